The van der Waals surface area contributed by atoms with Crippen molar-refractivity contribution in [2.75, 3.05) is 0 Å². The van der Waals surface area contributed by atoms with Gasteiger partial charge in [-0.25, -0.2) is 0 Å². The van der Waals surface area contributed by atoms with Crippen LogP contribution >= 0.6 is 34.2 Å². The van der Waals surface area contributed by atoms with E-state index < -0.39 is 0 Å². The third-order valence-corrected chi connectivity index (χ3v) is 2.87. The standard InChI is InChI=1S/C9H8ClIO/c10-7-2-1-3-8(11)9(7)12-6-4-5-6/h1-3,6H,4-5H2. The minimum atomic E-state index is 0.415. The minimum Gasteiger partial charge on any atom is -0.488 e. The number of hydrogen-bond donors (Lipinski definition) is 0. The van der Waals surface area contributed by atoms with Crippen LogP contribution in [0.4, 0.5) is 0 Å². The van der Waals surface area contributed by atoms with E-state index in [9.17, 15) is 0 Å². The first-order valence-electron chi connectivity index (χ1n) is 3.88. The molecule has 1 fully saturated rings. The van der Waals surface area contributed by atoms with E-state index >= 15 is 0 Å². The van der Waals surface area contributed by atoms with Crippen LogP contribution in [0.1, 0.15) is 12.8 Å². The van der Waals surface area contributed by atoms with Crippen LogP contribution in [0.15, 0.2) is 18.2 Å². The molecule has 3 heteroatoms. The molecule has 1 aromatic rings. The molecule has 0 bridgehead atoms. The average Bonchev–Trinajstić information content (AvgIpc) is 2.80. The number of halogens is 2. The van der Waals surface area contributed by atoms with Crippen LogP contribution in [0.25, 0.3) is 0 Å². The molecule has 0 heterocycles. The maximum Gasteiger partial charge on any atom is 0.151 e. The van der Waals surface area contributed by atoms with Crippen molar-refractivity contribution in [3.63, 3.8) is 0 Å². The molecule has 1 aromatic carbocycles. The summed E-state index contributed by atoms with van der Waals surface area (Å²) in [4.78, 5) is 0. The molecule has 1 saturated carbocycles. The fourth-order valence-corrected chi connectivity index (χ4v) is 1.95. The second-order valence-corrected chi connectivity index (χ2v) is 4.44. The van der Waals surface area contributed by atoms with Gasteiger partial charge in [0.1, 0.15) is 0 Å². The molecule has 0 aromatic heterocycles. The van der Waals surface area contributed by atoms with Gasteiger partial charge >= 0.3 is 0 Å². The van der Waals surface area contributed by atoms with Gasteiger partial charge in [-0.3, -0.25) is 0 Å². The molecule has 1 aliphatic carbocycles. The first kappa shape index (κ1) is 8.63. The predicted molar refractivity (Wildman–Crippen MR) is 57.8 cm³/mol. The van der Waals surface area contributed by atoms with E-state index in [-0.39, 0.29) is 0 Å². The van der Waals surface area contributed by atoms with Gasteiger partial charge in [-0.2, -0.15) is 0 Å². The predicted octanol–water partition coefficient (Wildman–Crippen LogP) is 3.49. The van der Waals surface area contributed by atoms with E-state index in [1.165, 1.54) is 12.8 Å². The molecule has 1 aliphatic rings. The summed E-state index contributed by atoms with van der Waals surface area (Å²) in [6.07, 6.45) is 2.75. The lowest BCUT2D eigenvalue weighted by atomic mass is 10.3. The van der Waals surface area contributed by atoms with E-state index in [0.717, 1.165) is 9.32 Å². The normalized spacial score (nSPS) is 16.2. The van der Waals surface area contributed by atoms with E-state index in [0.29, 0.717) is 11.1 Å². The van der Waals surface area contributed by atoms with Crippen LogP contribution in [0.3, 0.4) is 0 Å². The zero-order chi connectivity index (χ0) is 8.55. The Balaban J connectivity index is 2.26. The highest BCUT2D eigenvalue weighted by atomic mass is 127. The van der Waals surface area contributed by atoms with E-state index in [1.54, 1.807) is 0 Å². The molecule has 1 nitrogen and oxygen atoms in total. The number of hydrogen-bond acceptors (Lipinski definition) is 1. The maximum absolute atomic E-state index is 5.97. The number of ether oxygens (including phenoxy) is 1. The Kier molecular flexibility index (Phi) is 2.46. The fraction of sp³-hybridized carbons (Fsp3) is 0.333. The molecule has 0 spiro atoms. The second-order valence-electron chi connectivity index (χ2n) is 2.87. The molecule has 0 N–H and O–H groups in total. The summed E-state index contributed by atoms with van der Waals surface area (Å²) in [5.74, 6) is 0.849. The van der Waals surface area contributed by atoms with Crippen LogP contribution in [0, 0.1) is 3.57 Å². The zero-order valence-electron chi connectivity index (χ0n) is 6.39. The monoisotopic (exact) mass is 294 g/mol. The molecule has 0 saturated heterocycles. The Morgan fingerprint density at radius 1 is 1.42 bits per heavy atom. The molecule has 0 aliphatic heterocycles. The Morgan fingerprint density at radius 3 is 2.75 bits per heavy atom. The van der Waals surface area contributed by atoms with E-state index in [1.807, 2.05) is 18.2 Å². The SMILES string of the molecule is Clc1cccc(I)c1OC1CC1. The van der Waals surface area contributed by atoms with Crippen LogP contribution in [-0.4, -0.2) is 6.10 Å². The topological polar surface area (TPSA) is 9.23 Å². The summed E-state index contributed by atoms with van der Waals surface area (Å²) in [5.41, 5.74) is 0. The second kappa shape index (κ2) is 3.42. The summed E-state index contributed by atoms with van der Waals surface area (Å²) < 4.78 is 6.74. The van der Waals surface area contributed by atoms with Gasteiger partial charge in [-0.15, -0.1) is 0 Å². The van der Waals surface area contributed by atoms with Crippen molar-refractivity contribution < 1.29 is 4.74 Å². The van der Waals surface area contributed by atoms with Crippen molar-refractivity contribution in [1.29, 1.82) is 0 Å². The average molecular weight is 295 g/mol. The summed E-state index contributed by atoms with van der Waals surface area (Å²) in [7, 11) is 0. The van der Waals surface area contributed by atoms with Gasteiger partial charge in [0, 0.05) is 0 Å². The molecule has 0 atom stereocenters. The van der Waals surface area contributed by atoms with Crippen molar-refractivity contribution in [3.8, 4) is 5.75 Å². The molecule has 0 radical (unpaired) electrons. The molecule has 12 heavy (non-hydrogen) atoms. The lowest BCUT2D eigenvalue weighted by Gasteiger charge is -2.07. The van der Waals surface area contributed by atoms with Crippen molar-refractivity contribution in [2.24, 2.45) is 0 Å². The highest BCUT2D eigenvalue weighted by Crippen LogP contribution is 2.35. The van der Waals surface area contributed by atoms with Gasteiger partial charge < -0.3 is 4.74 Å². The quantitative estimate of drug-likeness (QED) is 0.759. The van der Waals surface area contributed by atoms with Gasteiger partial charge in [0.2, 0.25) is 0 Å². The third kappa shape index (κ3) is 1.85. The van der Waals surface area contributed by atoms with Gasteiger partial charge in [0.15, 0.2) is 5.75 Å². The van der Waals surface area contributed by atoms with Crippen molar-refractivity contribution >= 4 is 34.2 Å². The third-order valence-electron chi connectivity index (χ3n) is 1.73. The van der Waals surface area contributed by atoms with Gasteiger partial charge in [-0.05, 0) is 47.6 Å². The molecule has 0 unspecified atom stereocenters. The number of para-hydroxylation sites is 1. The molecular formula is C9H8ClIO. The Hall–Kier alpha value is 0.0400. The fourth-order valence-electron chi connectivity index (χ4n) is 0.948. The molecular weight excluding hydrogens is 286 g/mol. The smallest absolute Gasteiger partial charge is 0.151 e. The summed E-state index contributed by atoms with van der Waals surface area (Å²) >= 11 is 8.21. The summed E-state index contributed by atoms with van der Waals surface area (Å²) in [5, 5.41) is 0.716. The summed E-state index contributed by atoms with van der Waals surface area (Å²) in [6.45, 7) is 0. The Morgan fingerprint density at radius 2 is 2.17 bits per heavy atom. The number of benzene rings is 1. The largest absolute Gasteiger partial charge is 0.488 e. The first-order valence-corrected chi connectivity index (χ1v) is 5.34. The van der Waals surface area contributed by atoms with Crippen LogP contribution < -0.4 is 4.74 Å². The van der Waals surface area contributed by atoms with Crippen LogP contribution in [-0.2, 0) is 0 Å². The zero-order valence-corrected chi connectivity index (χ0v) is 9.30. The molecule has 0 amide bonds. The highest BCUT2D eigenvalue weighted by Gasteiger charge is 2.25. The van der Waals surface area contributed by atoms with Gasteiger partial charge in [-0.1, -0.05) is 17.7 Å². The molecule has 64 valence electrons. The molecule has 2 rings (SSSR count). The minimum absolute atomic E-state index is 0.415. The highest BCUT2D eigenvalue weighted by molar-refractivity contribution is 14.1. The van der Waals surface area contributed by atoms with Crippen molar-refractivity contribution in [2.45, 2.75) is 18.9 Å². The van der Waals surface area contributed by atoms with Crippen molar-refractivity contribution in [1.82, 2.24) is 0 Å². The van der Waals surface area contributed by atoms with Crippen LogP contribution in [0.2, 0.25) is 5.02 Å². The maximum atomic E-state index is 5.97. The van der Waals surface area contributed by atoms with Crippen LogP contribution in [0.5, 0.6) is 5.75 Å². The van der Waals surface area contributed by atoms with E-state index in [4.69, 9.17) is 16.3 Å². The Labute approximate surface area is 90.2 Å². The lowest BCUT2D eigenvalue weighted by molar-refractivity contribution is 0.301. The number of rotatable bonds is 2. The van der Waals surface area contributed by atoms with Gasteiger partial charge in [0.25, 0.3) is 0 Å². The Bertz CT molecular complexity index is 276. The first-order chi connectivity index (χ1) is 5.77. The van der Waals surface area contributed by atoms with Gasteiger partial charge in [0.05, 0.1) is 14.7 Å². The summed E-state index contributed by atoms with van der Waals surface area (Å²) in [6, 6.07) is 5.80. The van der Waals surface area contributed by atoms with E-state index in [2.05, 4.69) is 22.6 Å². The lowest BCUT2D eigenvalue weighted by Crippen LogP contribution is -1.98. The van der Waals surface area contributed by atoms with Crippen molar-refractivity contribution in [3.05, 3.63) is 26.8 Å².